The Morgan fingerprint density at radius 3 is 2.83 bits per heavy atom. The van der Waals surface area contributed by atoms with Gasteiger partial charge in [-0.05, 0) is 17.9 Å². The van der Waals surface area contributed by atoms with Crippen LogP contribution in [0.1, 0.15) is 28.5 Å². The van der Waals surface area contributed by atoms with E-state index in [-0.39, 0.29) is 10.6 Å². The van der Waals surface area contributed by atoms with Gasteiger partial charge in [0.25, 0.3) is 5.91 Å². The molecule has 0 unspecified atom stereocenters. The second-order valence-corrected chi connectivity index (χ2v) is 8.41. The van der Waals surface area contributed by atoms with E-state index in [1.807, 2.05) is 23.3 Å². The maximum Gasteiger partial charge on any atom is 0.258 e. The lowest BCUT2D eigenvalue weighted by molar-refractivity contribution is 0.0729. The van der Waals surface area contributed by atoms with Gasteiger partial charge < -0.3 is 9.47 Å². The molecule has 1 aromatic carbocycles. The van der Waals surface area contributed by atoms with E-state index in [4.69, 9.17) is 11.6 Å². The minimum atomic E-state index is -0.616. The Kier molecular flexibility index (Phi) is 5.35. The fraction of sp³-hybridized carbons (Fsp3) is 0.368. The predicted octanol–water partition coefficient (Wildman–Crippen LogP) is 3.32. The number of benzene rings is 1. The number of rotatable bonds is 4. The van der Waals surface area contributed by atoms with E-state index < -0.39 is 11.7 Å². The number of halogens is 2. The first-order valence-corrected chi connectivity index (χ1v) is 10.6. The summed E-state index contributed by atoms with van der Waals surface area (Å²) in [6.45, 7) is 2.83. The van der Waals surface area contributed by atoms with E-state index >= 15 is 0 Å². The average molecular weight is 435 g/mol. The number of thioether (sulfide) groups is 1. The summed E-state index contributed by atoms with van der Waals surface area (Å²) in [5, 5.41) is 14.1. The highest BCUT2D eigenvalue weighted by atomic mass is 35.5. The summed E-state index contributed by atoms with van der Waals surface area (Å²) in [5.74, 6) is 0.497. The number of nitrogens with zero attached hydrogens (tertiary/aromatic N) is 6. The van der Waals surface area contributed by atoms with Gasteiger partial charge in [0, 0.05) is 38.3 Å². The van der Waals surface area contributed by atoms with E-state index in [1.54, 1.807) is 16.7 Å². The number of fused-ring (bicyclic) bond motifs is 1. The second kappa shape index (κ2) is 7.79. The molecule has 0 N–H and O–H groups in total. The Balaban J connectivity index is 1.70. The molecule has 3 heterocycles. The van der Waals surface area contributed by atoms with Gasteiger partial charge in [-0.3, -0.25) is 9.48 Å². The molecular weight excluding hydrogens is 415 g/mol. The lowest BCUT2D eigenvalue weighted by Gasteiger charge is -2.28. The molecule has 0 atom stereocenters. The Hall–Kier alpha value is -2.39. The van der Waals surface area contributed by atoms with E-state index in [9.17, 15) is 9.18 Å². The quantitative estimate of drug-likeness (QED) is 0.589. The summed E-state index contributed by atoms with van der Waals surface area (Å²) >= 11 is 7.70. The van der Waals surface area contributed by atoms with E-state index in [0.717, 1.165) is 22.2 Å². The number of hydrogen-bond donors (Lipinski definition) is 0. The largest absolute Gasteiger partial charge is 0.334 e. The molecule has 4 rings (SSSR count). The van der Waals surface area contributed by atoms with Crippen molar-refractivity contribution >= 4 is 29.3 Å². The number of aryl methyl sites for hydroxylation is 1. The minimum Gasteiger partial charge on any atom is -0.334 e. The maximum atomic E-state index is 14.3. The maximum absolute atomic E-state index is 14.3. The molecule has 0 saturated carbocycles. The average Bonchev–Trinajstić information content (AvgIpc) is 3.21. The van der Waals surface area contributed by atoms with E-state index in [0.29, 0.717) is 31.0 Å². The lowest BCUT2D eigenvalue weighted by Crippen LogP contribution is -2.37. The van der Waals surface area contributed by atoms with Gasteiger partial charge in [0.05, 0.1) is 17.1 Å². The van der Waals surface area contributed by atoms with Gasteiger partial charge in [-0.1, -0.05) is 36.4 Å². The topological polar surface area (TPSA) is 68.8 Å². The van der Waals surface area contributed by atoms with Crippen LogP contribution < -0.4 is 0 Å². The number of carbonyl (C=O) groups excluding carboxylic acids is 1. The standard InChI is InChI=1S/C19H20ClFN6OS/c1-4-29-19-23-22-17(25(19)2)16-11-10-27(9-8-14(11)26(3)24-16)18(28)15-12(20)6-5-7-13(15)21/h5-7H,4,8-10H2,1-3H3. The Morgan fingerprint density at radius 2 is 2.10 bits per heavy atom. The number of aromatic nitrogens is 5. The van der Waals surface area contributed by atoms with E-state index in [2.05, 4.69) is 22.2 Å². The minimum absolute atomic E-state index is 0.0941. The Labute approximate surface area is 176 Å². The molecule has 0 spiro atoms. The highest BCUT2D eigenvalue weighted by Gasteiger charge is 2.31. The lowest BCUT2D eigenvalue weighted by atomic mass is 10.0. The first kappa shape index (κ1) is 19.9. The van der Waals surface area contributed by atoms with Crippen molar-refractivity contribution in [3.05, 3.63) is 45.9 Å². The number of carbonyl (C=O) groups is 1. The fourth-order valence-electron chi connectivity index (χ4n) is 3.58. The molecule has 2 aromatic heterocycles. The van der Waals surface area contributed by atoms with Gasteiger partial charge in [0.1, 0.15) is 11.5 Å². The van der Waals surface area contributed by atoms with Crippen molar-refractivity contribution in [2.75, 3.05) is 12.3 Å². The van der Waals surface area contributed by atoms with Crippen LogP contribution in [0.4, 0.5) is 4.39 Å². The first-order chi connectivity index (χ1) is 13.9. The highest BCUT2D eigenvalue weighted by Crippen LogP contribution is 2.31. The van der Waals surface area contributed by atoms with Crippen LogP contribution in [0.15, 0.2) is 23.4 Å². The number of hydrogen-bond acceptors (Lipinski definition) is 5. The van der Waals surface area contributed by atoms with Crippen LogP contribution in [0, 0.1) is 5.82 Å². The van der Waals surface area contributed by atoms with Crippen molar-refractivity contribution in [2.45, 2.75) is 25.0 Å². The molecule has 152 valence electrons. The van der Waals surface area contributed by atoms with Crippen molar-refractivity contribution < 1.29 is 9.18 Å². The molecule has 1 aliphatic rings. The van der Waals surface area contributed by atoms with Crippen LogP contribution in [-0.4, -0.2) is 47.6 Å². The summed E-state index contributed by atoms with van der Waals surface area (Å²) in [6.07, 6.45) is 0.616. The van der Waals surface area contributed by atoms with E-state index in [1.165, 1.54) is 18.2 Å². The zero-order chi connectivity index (χ0) is 20.7. The van der Waals surface area contributed by atoms with Gasteiger partial charge in [-0.15, -0.1) is 10.2 Å². The summed E-state index contributed by atoms with van der Waals surface area (Å²) in [6, 6.07) is 4.26. The summed E-state index contributed by atoms with van der Waals surface area (Å²) in [5.41, 5.74) is 2.54. The van der Waals surface area contributed by atoms with Crippen LogP contribution in [0.5, 0.6) is 0 Å². The Morgan fingerprint density at radius 1 is 1.31 bits per heavy atom. The van der Waals surface area contributed by atoms with Crippen molar-refractivity contribution in [2.24, 2.45) is 14.1 Å². The molecule has 10 heteroatoms. The molecule has 0 bridgehead atoms. The number of amides is 1. The van der Waals surface area contributed by atoms with Crippen molar-refractivity contribution in [1.29, 1.82) is 0 Å². The smallest absolute Gasteiger partial charge is 0.258 e. The molecule has 1 aliphatic heterocycles. The molecule has 29 heavy (non-hydrogen) atoms. The van der Waals surface area contributed by atoms with Gasteiger partial charge in [0.15, 0.2) is 11.0 Å². The van der Waals surface area contributed by atoms with Crippen molar-refractivity contribution in [1.82, 2.24) is 29.4 Å². The fourth-order valence-corrected chi connectivity index (χ4v) is 4.46. The molecule has 7 nitrogen and oxygen atoms in total. The highest BCUT2D eigenvalue weighted by molar-refractivity contribution is 7.99. The Bertz CT molecular complexity index is 1070. The zero-order valence-electron chi connectivity index (χ0n) is 16.3. The SMILES string of the molecule is CCSc1nnc(-c2nn(C)c3c2CN(C(=O)c2c(F)cccc2Cl)CC3)n1C. The van der Waals surface area contributed by atoms with Crippen LogP contribution >= 0.6 is 23.4 Å². The third-order valence-corrected chi connectivity index (χ3v) is 6.24. The van der Waals surface area contributed by atoms with Crippen molar-refractivity contribution in [3.63, 3.8) is 0 Å². The summed E-state index contributed by atoms with van der Waals surface area (Å²) in [4.78, 5) is 14.6. The third-order valence-electron chi connectivity index (χ3n) is 5.03. The molecule has 1 amide bonds. The van der Waals surface area contributed by atoms with Crippen LogP contribution in [0.2, 0.25) is 5.02 Å². The monoisotopic (exact) mass is 434 g/mol. The molecule has 0 saturated heterocycles. The van der Waals surface area contributed by atoms with Crippen LogP contribution in [0.3, 0.4) is 0 Å². The third kappa shape index (κ3) is 3.42. The van der Waals surface area contributed by atoms with Crippen LogP contribution in [-0.2, 0) is 27.1 Å². The molecule has 0 radical (unpaired) electrons. The molecule has 3 aromatic rings. The molecular formula is C19H20ClFN6OS. The zero-order valence-corrected chi connectivity index (χ0v) is 17.9. The van der Waals surface area contributed by atoms with Crippen LogP contribution in [0.25, 0.3) is 11.5 Å². The normalized spacial score (nSPS) is 13.6. The summed E-state index contributed by atoms with van der Waals surface area (Å²) in [7, 11) is 3.78. The second-order valence-electron chi connectivity index (χ2n) is 6.77. The van der Waals surface area contributed by atoms with Gasteiger partial charge in [-0.2, -0.15) is 5.10 Å². The molecule has 0 aliphatic carbocycles. The van der Waals surface area contributed by atoms with Gasteiger partial charge in [-0.25, -0.2) is 4.39 Å². The first-order valence-electron chi connectivity index (χ1n) is 9.23. The van der Waals surface area contributed by atoms with Crippen molar-refractivity contribution in [3.8, 4) is 11.5 Å². The van der Waals surface area contributed by atoms with Gasteiger partial charge >= 0.3 is 0 Å². The predicted molar refractivity (Wildman–Crippen MR) is 109 cm³/mol. The summed E-state index contributed by atoms with van der Waals surface area (Å²) < 4.78 is 18.0. The molecule has 0 fully saturated rings. The van der Waals surface area contributed by atoms with Gasteiger partial charge in [0.2, 0.25) is 0 Å².